The number of carbonyl (C=O) groups is 1. The zero-order chi connectivity index (χ0) is 23.2. The third-order valence-electron chi connectivity index (χ3n) is 5.39. The molecule has 4 N–H and O–H groups in total. The number of anilines is 3. The highest BCUT2D eigenvalue weighted by Crippen LogP contribution is 2.33. The second-order valence-corrected chi connectivity index (χ2v) is 8.92. The number of nitrogens with one attached hydrogen (secondary N) is 2. The van der Waals surface area contributed by atoms with E-state index in [2.05, 4.69) is 25.8 Å². The average molecular weight is 448 g/mol. The molecule has 0 spiro atoms. The van der Waals surface area contributed by atoms with Crippen molar-refractivity contribution < 1.29 is 14.1 Å². The molecule has 0 atom stereocenters. The first kappa shape index (κ1) is 20.9. The Morgan fingerprint density at radius 3 is 2.55 bits per heavy atom. The van der Waals surface area contributed by atoms with Gasteiger partial charge in [-0.15, -0.1) is 0 Å². The van der Waals surface area contributed by atoms with E-state index in [1.807, 2.05) is 37.6 Å². The Bertz CT molecular complexity index is 1320. The van der Waals surface area contributed by atoms with Gasteiger partial charge < -0.3 is 20.3 Å². The van der Waals surface area contributed by atoms with Gasteiger partial charge in [0.15, 0.2) is 11.5 Å². The normalized spacial score (nSPS) is 14.3. The first-order valence-electron chi connectivity index (χ1n) is 10.5. The molecule has 2 amide bonds. The van der Waals surface area contributed by atoms with Gasteiger partial charge in [-0.2, -0.15) is 5.10 Å². The van der Waals surface area contributed by atoms with Crippen molar-refractivity contribution in [2.45, 2.75) is 32.2 Å². The van der Waals surface area contributed by atoms with Crippen LogP contribution in [0.15, 0.2) is 41.2 Å². The molecular weight excluding hydrogens is 424 g/mol. The Kier molecular flexibility index (Phi) is 4.97. The van der Waals surface area contributed by atoms with Crippen LogP contribution >= 0.6 is 0 Å². The lowest BCUT2D eigenvalue weighted by Gasteiger charge is -2.26. The van der Waals surface area contributed by atoms with Gasteiger partial charge in [0.05, 0.1) is 18.6 Å². The van der Waals surface area contributed by atoms with E-state index in [-0.39, 0.29) is 11.5 Å². The molecule has 4 heterocycles. The number of rotatable bonds is 4. The number of hydrogen-bond donors (Lipinski definition) is 3. The summed E-state index contributed by atoms with van der Waals surface area (Å²) in [5.74, 6) is 1.40. The van der Waals surface area contributed by atoms with Crippen molar-refractivity contribution in [2.24, 2.45) is 0 Å². The number of nitrogen functional groups attached to an aromatic ring is 1. The molecular formula is C22H24N8O3. The second kappa shape index (κ2) is 7.85. The van der Waals surface area contributed by atoms with Gasteiger partial charge in [0.1, 0.15) is 29.6 Å². The summed E-state index contributed by atoms with van der Waals surface area (Å²) in [4.78, 5) is 20.9. The molecule has 0 saturated carbocycles. The zero-order valence-electron chi connectivity index (χ0n) is 18.5. The number of ether oxygens (including phenoxy) is 1. The summed E-state index contributed by atoms with van der Waals surface area (Å²) < 4.78 is 12.4. The van der Waals surface area contributed by atoms with Gasteiger partial charge in [-0.25, -0.2) is 19.4 Å². The smallest absolute Gasteiger partial charge is 0.324 e. The van der Waals surface area contributed by atoms with Gasteiger partial charge in [-0.1, -0.05) is 38.1 Å². The van der Waals surface area contributed by atoms with Crippen molar-refractivity contribution in [2.75, 3.05) is 29.6 Å². The predicted molar refractivity (Wildman–Crippen MR) is 123 cm³/mol. The van der Waals surface area contributed by atoms with Gasteiger partial charge in [0.25, 0.3) is 0 Å². The van der Waals surface area contributed by atoms with E-state index in [0.717, 1.165) is 5.56 Å². The topological polar surface area (TPSA) is 146 Å². The summed E-state index contributed by atoms with van der Waals surface area (Å²) >= 11 is 0. The fourth-order valence-corrected chi connectivity index (χ4v) is 3.49. The molecule has 1 aliphatic heterocycles. The fourth-order valence-electron chi connectivity index (χ4n) is 3.49. The molecule has 33 heavy (non-hydrogen) atoms. The van der Waals surface area contributed by atoms with Crippen LogP contribution in [0.4, 0.5) is 22.1 Å². The van der Waals surface area contributed by atoms with Crippen LogP contribution in [-0.4, -0.2) is 44.1 Å². The molecule has 1 aromatic carbocycles. The maximum absolute atomic E-state index is 12.4. The van der Waals surface area contributed by atoms with Gasteiger partial charge in [-0.3, -0.25) is 5.32 Å². The Morgan fingerprint density at radius 1 is 1.15 bits per heavy atom. The maximum Gasteiger partial charge on any atom is 0.324 e. The van der Waals surface area contributed by atoms with Gasteiger partial charge >= 0.3 is 6.03 Å². The van der Waals surface area contributed by atoms with E-state index in [4.69, 9.17) is 20.1 Å². The van der Waals surface area contributed by atoms with E-state index in [0.29, 0.717) is 53.0 Å². The largest absolute Gasteiger partial charge is 0.383 e. The number of hydrogen-bond acceptors (Lipinski definition) is 8. The molecule has 1 fully saturated rings. The number of fused-ring (bicyclic) bond motifs is 1. The Morgan fingerprint density at radius 2 is 1.91 bits per heavy atom. The summed E-state index contributed by atoms with van der Waals surface area (Å²) in [6.45, 7) is 7.18. The molecule has 170 valence electrons. The van der Waals surface area contributed by atoms with E-state index < -0.39 is 6.03 Å². The van der Waals surface area contributed by atoms with Crippen molar-refractivity contribution in [3.63, 3.8) is 0 Å². The fraction of sp³-hybridized carbons (Fsp3) is 0.318. The highest BCUT2D eigenvalue weighted by atomic mass is 16.5. The minimum Gasteiger partial charge on any atom is -0.383 e. The summed E-state index contributed by atoms with van der Waals surface area (Å²) in [6, 6.07) is 8.71. The van der Waals surface area contributed by atoms with Crippen LogP contribution in [0.2, 0.25) is 0 Å². The number of amides is 2. The lowest BCUT2D eigenvalue weighted by molar-refractivity contribution is -0.0268. The number of nitrogens with two attached hydrogens (primary N) is 1. The molecule has 3 aromatic heterocycles. The molecule has 4 aromatic rings. The zero-order valence-corrected chi connectivity index (χ0v) is 18.5. The summed E-state index contributed by atoms with van der Waals surface area (Å²) in [5, 5.41) is 14.8. The number of urea groups is 1. The van der Waals surface area contributed by atoms with Crippen LogP contribution in [0.25, 0.3) is 22.3 Å². The number of benzene rings is 1. The van der Waals surface area contributed by atoms with Gasteiger partial charge in [0.2, 0.25) is 0 Å². The van der Waals surface area contributed by atoms with Crippen LogP contribution in [0.5, 0.6) is 0 Å². The van der Waals surface area contributed by atoms with Crippen LogP contribution in [0.1, 0.15) is 32.6 Å². The van der Waals surface area contributed by atoms with Crippen LogP contribution < -0.4 is 16.4 Å². The van der Waals surface area contributed by atoms with Gasteiger partial charge in [-0.05, 0) is 12.1 Å². The maximum atomic E-state index is 12.4. The lowest BCUT2D eigenvalue weighted by atomic mass is 9.93. The third kappa shape index (κ3) is 3.98. The van der Waals surface area contributed by atoms with Crippen molar-refractivity contribution in [1.29, 1.82) is 0 Å². The average Bonchev–Trinajstić information content (AvgIpc) is 3.34. The molecule has 0 radical (unpaired) electrons. The lowest BCUT2D eigenvalue weighted by Crippen LogP contribution is -2.31. The van der Waals surface area contributed by atoms with Crippen molar-refractivity contribution >= 4 is 34.4 Å². The monoisotopic (exact) mass is 448 g/mol. The summed E-state index contributed by atoms with van der Waals surface area (Å²) in [6.07, 6.45) is 1.43. The second-order valence-electron chi connectivity index (χ2n) is 8.92. The van der Waals surface area contributed by atoms with Crippen molar-refractivity contribution in [1.82, 2.24) is 24.9 Å². The molecule has 1 saturated heterocycles. The van der Waals surface area contributed by atoms with E-state index in [9.17, 15) is 4.79 Å². The molecule has 11 heteroatoms. The number of carbonyl (C=O) groups excluding carboxylic acids is 1. The SMILES string of the molecule is CC(C)(C)c1cc(NC(=O)Nc2ccc(-c3nn(C4COC4)c4ncnc(N)c34)cc2)no1. The first-order valence-corrected chi connectivity index (χ1v) is 10.5. The van der Waals surface area contributed by atoms with E-state index in [1.54, 1.807) is 18.2 Å². The van der Waals surface area contributed by atoms with E-state index in [1.165, 1.54) is 6.33 Å². The Hall–Kier alpha value is -3.99. The number of aromatic nitrogens is 5. The van der Waals surface area contributed by atoms with Gasteiger partial charge in [0, 0.05) is 22.7 Å². The minimum absolute atomic E-state index is 0.121. The van der Waals surface area contributed by atoms with Crippen molar-refractivity contribution in [3.05, 3.63) is 42.4 Å². The highest BCUT2D eigenvalue weighted by Gasteiger charge is 2.27. The molecule has 0 aliphatic carbocycles. The summed E-state index contributed by atoms with van der Waals surface area (Å²) in [5.41, 5.74) is 8.75. The molecule has 0 unspecified atom stereocenters. The van der Waals surface area contributed by atoms with E-state index >= 15 is 0 Å². The molecule has 0 bridgehead atoms. The Balaban J connectivity index is 1.34. The predicted octanol–water partition coefficient (Wildman–Crippen LogP) is 3.58. The quantitative estimate of drug-likeness (QED) is 0.429. The molecule has 1 aliphatic rings. The summed E-state index contributed by atoms with van der Waals surface area (Å²) in [7, 11) is 0. The third-order valence-corrected chi connectivity index (χ3v) is 5.39. The van der Waals surface area contributed by atoms with Crippen LogP contribution in [-0.2, 0) is 10.2 Å². The van der Waals surface area contributed by atoms with Crippen LogP contribution in [0, 0.1) is 0 Å². The Labute approximate surface area is 189 Å². The highest BCUT2D eigenvalue weighted by molar-refractivity contribution is 6.00. The first-order chi connectivity index (χ1) is 15.8. The standard InChI is InChI=1S/C22H24N8O3/c1-22(2,3)15-8-16(29-33-15)27-21(31)26-13-6-4-12(5-7-13)18-17-19(23)24-11-25-20(17)30(28-18)14-9-32-10-14/h4-8,11,14H,9-10H2,1-3H3,(H2,23,24,25)(H2,26,27,29,31). The van der Waals surface area contributed by atoms with Crippen molar-refractivity contribution in [3.8, 4) is 11.3 Å². The molecule has 5 rings (SSSR count). The molecule has 11 nitrogen and oxygen atoms in total. The number of nitrogens with zero attached hydrogens (tertiary/aromatic N) is 5. The minimum atomic E-state index is -0.422. The van der Waals surface area contributed by atoms with Crippen LogP contribution in [0.3, 0.4) is 0 Å².